The molecule has 1 N–H and O–H groups in total. The van der Waals surface area contributed by atoms with Crippen LogP contribution in [0.15, 0.2) is 53.0 Å². The lowest BCUT2D eigenvalue weighted by Gasteiger charge is -2.29. The van der Waals surface area contributed by atoms with Gasteiger partial charge in [-0.2, -0.15) is 9.65 Å². The molecule has 1 aliphatic rings. The summed E-state index contributed by atoms with van der Waals surface area (Å²) >= 11 is 1.46. The molecule has 1 aromatic carbocycles. The predicted molar refractivity (Wildman–Crippen MR) is 104 cm³/mol. The third-order valence-corrected chi connectivity index (χ3v) is 5.48. The maximum absolute atomic E-state index is 13.2. The third-order valence-electron chi connectivity index (χ3n) is 4.55. The average molecular weight is 391 g/mol. The van der Waals surface area contributed by atoms with Gasteiger partial charge in [0.1, 0.15) is 5.01 Å². The summed E-state index contributed by atoms with van der Waals surface area (Å²) in [6, 6.07) is 11.3. The molecule has 28 heavy (non-hydrogen) atoms. The fourth-order valence-electron chi connectivity index (χ4n) is 3.17. The Morgan fingerprint density at radius 2 is 2.00 bits per heavy atom. The normalized spacial score (nSPS) is 18.9. The molecule has 0 spiro atoms. The number of nitrogens with zero attached hydrogens (tertiary/aromatic N) is 4. The van der Waals surface area contributed by atoms with E-state index in [1.165, 1.54) is 23.6 Å². The van der Waals surface area contributed by atoms with Crippen molar-refractivity contribution in [3.63, 3.8) is 0 Å². The number of rotatable bonds is 3. The molecule has 0 saturated heterocycles. The first-order valence-corrected chi connectivity index (χ1v) is 9.36. The molecule has 0 bridgehead atoms. The number of carbonyl (C=O) groups is 1. The minimum Gasteiger partial charge on any atom is -0.328 e. The first-order chi connectivity index (χ1) is 13.5. The van der Waals surface area contributed by atoms with Crippen molar-refractivity contribution in [2.24, 2.45) is 4.99 Å². The van der Waals surface area contributed by atoms with E-state index in [-0.39, 0.29) is 5.92 Å². The van der Waals surface area contributed by atoms with Crippen LogP contribution in [0.2, 0.25) is 0 Å². The largest absolute Gasteiger partial charge is 0.341 e. The minimum atomic E-state index is -0.579. The molecule has 0 aliphatic carbocycles. The van der Waals surface area contributed by atoms with E-state index in [0.29, 0.717) is 16.8 Å². The molecule has 2 aromatic heterocycles. The fraction of sp³-hybridized carbons (Fsp3) is 0.150. The Labute approximate surface area is 164 Å². The van der Waals surface area contributed by atoms with Crippen LogP contribution < -0.4 is 5.32 Å². The third kappa shape index (κ3) is 3.40. The number of urea groups is 1. The number of aliphatic imine (C=N–C) groups is 1. The van der Waals surface area contributed by atoms with Crippen LogP contribution in [0, 0.1) is 17.3 Å². The topological polar surface area (TPSA) is 91.0 Å². The number of hydrogen-bond acceptors (Lipinski definition) is 5. The van der Waals surface area contributed by atoms with E-state index < -0.39 is 18.0 Å². The maximum Gasteiger partial charge on any atom is 0.341 e. The number of pyridine rings is 1. The van der Waals surface area contributed by atoms with E-state index in [1.54, 1.807) is 25.1 Å². The van der Waals surface area contributed by atoms with Gasteiger partial charge in [0, 0.05) is 22.9 Å². The Balaban J connectivity index is 1.71. The molecule has 3 aromatic rings. The second-order valence-corrected chi connectivity index (χ2v) is 7.22. The summed E-state index contributed by atoms with van der Waals surface area (Å²) in [7, 11) is 0. The lowest BCUT2D eigenvalue weighted by Crippen LogP contribution is -2.38. The maximum atomic E-state index is 13.2. The molecule has 2 atom stereocenters. The van der Waals surface area contributed by atoms with Gasteiger partial charge in [0.25, 0.3) is 0 Å². The summed E-state index contributed by atoms with van der Waals surface area (Å²) in [5.74, 6) is -0.854. The molecular weight excluding hydrogens is 377 g/mol. The smallest absolute Gasteiger partial charge is 0.328 e. The number of aromatic nitrogens is 2. The average Bonchev–Trinajstić information content (AvgIpc) is 3.17. The van der Waals surface area contributed by atoms with Gasteiger partial charge in [0.05, 0.1) is 29.3 Å². The Morgan fingerprint density at radius 1 is 1.21 bits per heavy atom. The van der Waals surface area contributed by atoms with Crippen LogP contribution in [0.4, 0.5) is 9.18 Å². The highest BCUT2D eigenvalue weighted by atomic mass is 32.1. The monoisotopic (exact) mass is 391 g/mol. The van der Waals surface area contributed by atoms with E-state index in [1.807, 2.05) is 17.5 Å². The summed E-state index contributed by atoms with van der Waals surface area (Å²) in [6.07, 6.45) is 1.42. The van der Waals surface area contributed by atoms with E-state index >= 15 is 0 Å². The molecule has 0 fully saturated rings. The second kappa shape index (κ2) is 7.29. The van der Waals surface area contributed by atoms with Gasteiger partial charge in [-0.15, -0.1) is 11.3 Å². The zero-order valence-corrected chi connectivity index (χ0v) is 15.6. The van der Waals surface area contributed by atoms with Crippen molar-refractivity contribution < 1.29 is 9.18 Å². The van der Waals surface area contributed by atoms with Crippen LogP contribution >= 0.6 is 11.3 Å². The molecule has 2 unspecified atom stereocenters. The summed E-state index contributed by atoms with van der Waals surface area (Å²) in [4.78, 5) is 24.4. The number of carbonyl (C=O) groups excluding carboxylic acids is 1. The molecule has 4 rings (SSSR count). The molecule has 8 heteroatoms. The Bertz CT molecular complexity index is 1100. The van der Waals surface area contributed by atoms with Crippen molar-refractivity contribution in [1.29, 1.82) is 5.26 Å². The van der Waals surface area contributed by atoms with E-state index in [2.05, 4.69) is 21.4 Å². The molecule has 6 nitrogen and oxygen atoms in total. The van der Waals surface area contributed by atoms with Crippen molar-refractivity contribution in [3.8, 4) is 17.3 Å². The first kappa shape index (κ1) is 17.9. The highest BCUT2D eigenvalue weighted by Crippen LogP contribution is 2.37. The van der Waals surface area contributed by atoms with Gasteiger partial charge in [0.2, 0.25) is 5.95 Å². The number of nitriles is 1. The van der Waals surface area contributed by atoms with Gasteiger partial charge >= 0.3 is 6.03 Å². The lowest BCUT2D eigenvalue weighted by molar-refractivity contribution is 0.243. The number of halogens is 1. The van der Waals surface area contributed by atoms with Crippen LogP contribution in [-0.2, 0) is 0 Å². The quantitative estimate of drug-likeness (QED) is 0.677. The van der Waals surface area contributed by atoms with Crippen LogP contribution in [0.3, 0.4) is 0 Å². The van der Waals surface area contributed by atoms with Crippen LogP contribution in [-0.4, -0.2) is 21.7 Å². The summed E-state index contributed by atoms with van der Waals surface area (Å²) in [6.45, 7) is 1.79. The zero-order chi connectivity index (χ0) is 19.7. The summed E-state index contributed by atoms with van der Waals surface area (Å²) in [5.41, 5.74) is 3.59. The summed E-state index contributed by atoms with van der Waals surface area (Å²) < 4.78 is 13.2. The molecule has 138 valence electrons. The van der Waals surface area contributed by atoms with Gasteiger partial charge in [-0.3, -0.25) is 0 Å². The van der Waals surface area contributed by atoms with Gasteiger partial charge < -0.3 is 5.32 Å². The first-order valence-electron chi connectivity index (χ1n) is 8.48. The molecule has 3 heterocycles. The van der Waals surface area contributed by atoms with E-state index in [9.17, 15) is 9.18 Å². The van der Waals surface area contributed by atoms with E-state index in [4.69, 9.17) is 10.2 Å². The van der Waals surface area contributed by atoms with Crippen molar-refractivity contribution in [2.75, 3.05) is 0 Å². The van der Waals surface area contributed by atoms with Gasteiger partial charge in [-0.1, -0.05) is 18.2 Å². The number of hydrogen-bond donors (Lipinski definition) is 1. The lowest BCUT2D eigenvalue weighted by atomic mass is 9.89. The van der Waals surface area contributed by atoms with Crippen molar-refractivity contribution >= 4 is 23.1 Å². The number of nitrogens with one attached hydrogen (secondary N) is 1. The Morgan fingerprint density at radius 3 is 2.68 bits per heavy atom. The molecule has 0 radical (unpaired) electrons. The van der Waals surface area contributed by atoms with Crippen molar-refractivity contribution in [1.82, 2.24) is 15.3 Å². The van der Waals surface area contributed by atoms with E-state index in [0.717, 1.165) is 16.3 Å². The van der Waals surface area contributed by atoms with Crippen LogP contribution in [0.25, 0.3) is 11.3 Å². The van der Waals surface area contributed by atoms with Crippen LogP contribution in [0.5, 0.6) is 0 Å². The molecular formula is C20H14FN5OS. The standard InChI is InChI=1S/C20H14FN5OS/c1-11-17(18(26-20(27)24-11)14-6-7-16(21)23-9-14)19-25-15(10-28-19)13-4-2-12(8-22)3-5-13/h2-7,9-10,17-18H,1H3,(H,26,27). The van der Waals surface area contributed by atoms with Gasteiger partial charge in [0.15, 0.2) is 0 Å². The van der Waals surface area contributed by atoms with Gasteiger partial charge in [-0.05, 0) is 30.7 Å². The molecule has 0 saturated carbocycles. The predicted octanol–water partition coefficient (Wildman–Crippen LogP) is 4.22. The number of benzene rings is 1. The van der Waals surface area contributed by atoms with Crippen molar-refractivity contribution in [3.05, 3.63) is 70.1 Å². The fourth-order valence-corrected chi connectivity index (χ4v) is 4.19. The molecule has 1 aliphatic heterocycles. The van der Waals surface area contributed by atoms with Crippen LogP contribution in [0.1, 0.15) is 35.0 Å². The Kier molecular flexibility index (Phi) is 4.67. The highest BCUT2D eigenvalue weighted by Gasteiger charge is 2.35. The zero-order valence-electron chi connectivity index (χ0n) is 14.8. The SMILES string of the molecule is CC1=NC(=O)NC(c2ccc(F)nc2)C1c1nc(-c2ccc(C#N)cc2)cs1. The number of thiazole rings is 1. The second-order valence-electron chi connectivity index (χ2n) is 6.33. The molecule has 2 amide bonds. The number of amides is 2. The van der Waals surface area contributed by atoms with Gasteiger partial charge in [-0.25, -0.2) is 19.8 Å². The Hall–Kier alpha value is -3.44. The highest BCUT2D eigenvalue weighted by molar-refractivity contribution is 7.10. The summed E-state index contributed by atoms with van der Waals surface area (Å²) in [5, 5.41) is 14.5. The van der Waals surface area contributed by atoms with Crippen molar-refractivity contribution in [2.45, 2.75) is 18.9 Å². The minimum absolute atomic E-state index is 0.276.